The number of hydrogen-bond donors (Lipinski definition) is 1. The van der Waals surface area contributed by atoms with Gasteiger partial charge in [0.05, 0.1) is 60.5 Å². The molecule has 58 heavy (non-hydrogen) atoms. The average molecular weight is 793 g/mol. The van der Waals surface area contributed by atoms with Gasteiger partial charge in [0.25, 0.3) is 0 Å². The fourth-order valence-corrected chi connectivity index (χ4v) is 6.99. The van der Waals surface area contributed by atoms with Gasteiger partial charge in [-0.3, -0.25) is 0 Å². The second kappa shape index (κ2) is 21.4. The molecular weight excluding hydrogens is 741 g/mol. The van der Waals surface area contributed by atoms with E-state index in [-0.39, 0.29) is 26.4 Å². The van der Waals surface area contributed by atoms with Gasteiger partial charge in [0.15, 0.2) is 12.6 Å². The second-order valence-corrected chi connectivity index (χ2v) is 14.2. The molecule has 2 fully saturated rings. The Labute approximate surface area is 340 Å². The molecule has 11 heteroatoms. The third-order valence-corrected chi connectivity index (χ3v) is 10.1. The maximum Gasteiger partial charge on any atom is 0.187 e. The smallest absolute Gasteiger partial charge is 0.187 e. The molecular formula is C47H52O11. The number of aliphatic hydroxyl groups is 1. The standard InChI is InChI=1S/C47H52O11/c1-49-38-22-18-36(19-23-38)26-51-31-40-42(53-28-33-12-6-3-7-13-33)44(46(48)56-40)58-47-45(55-30-35-16-10-5-11-17-35)43(54-29-34-14-8-4-9-15-34)41(57-47)32-52-27-37-20-24-39(50-2)25-21-37/h3-25,40-48H,26-32H2,1-2H3/t40-,41-,42-,43-,44+,45+,46+,47+/m1/s1. The Morgan fingerprint density at radius 2 is 0.810 bits per heavy atom. The van der Waals surface area contributed by atoms with Crippen molar-refractivity contribution in [3.63, 3.8) is 0 Å². The fraction of sp³-hybridized carbons (Fsp3) is 0.362. The highest BCUT2D eigenvalue weighted by atomic mass is 16.8. The summed E-state index contributed by atoms with van der Waals surface area (Å²) in [6.45, 7) is 1.87. The number of aliphatic hydroxyl groups excluding tert-OH is 1. The van der Waals surface area contributed by atoms with Gasteiger partial charge in [-0.25, -0.2) is 0 Å². The molecule has 11 nitrogen and oxygen atoms in total. The van der Waals surface area contributed by atoms with Crippen LogP contribution in [-0.2, 0) is 70.9 Å². The summed E-state index contributed by atoms with van der Waals surface area (Å²) in [5.74, 6) is 1.53. The van der Waals surface area contributed by atoms with Gasteiger partial charge in [0.1, 0.15) is 48.1 Å². The minimum absolute atomic E-state index is 0.145. The van der Waals surface area contributed by atoms with Gasteiger partial charge in [-0.2, -0.15) is 0 Å². The Balaban J connectivity index is 1.11. The van der Waals surface area contributed by atoms with Crippen molar-refractivity contribution in [1.82, 2.24) is 0 Å². The molecule has 7 rings (SSSR count). The summed E-state index contributed by atoms with van der Waals surface area (Å²) in [5.41, 5.74) is 4.89. The maximum absolute atomic E-state index is 11.5. The van der Waals surface area contributed by atoms with E-state index < -0.39 is 49.2 Å². The van der Waals surface area contributed by atoms with Crippen molar-refractivity contribution in [3.8, 4) is 11.5 Å². The lowest BCUT2D eigenvalue weighted by Gasteiger charge is -2.29. The Morgan fingerprint density at radius 1 is 0.431 bits per heavy atom. The Kier molecular flexibility index (Phi) is 15.3. The minimum Gasteiger partial charge on any atom is -0.497 e. The molecule has 2 aliphatic rings. The third-order valence-electron chi connectivity index (χ3n) is 10.1. The zero-order valence-corrected chi connectivity index (χ0v) is 32.9. The minimum atomic E-state index is -1.34. The van der Waals surface area contributed by atoms with E-state index in [0.29, 0.717) is 19.8 Å². The summed E-state index contributed by atoms with van der Waals surface area (Å²) in [5, 5.41) is 11.5. The number of ether oxygens (including phenoxy) is 10. The van der Waals surface area contributed by atoms with Crippen molar-refractivity contribution < 1.29 is 52.5 Å². The summed E-state index contributed by atoms with van der Waals surface area (Å²) in [7, 11) is 3.27. The molecule has 0 aliphatic carbocycles. The van der Waals surface area contributed by atoms with Crippen molar-refractivity contribution in [2.24, 2.45) is 0 Å². The molecule has 306 valence electrons. The van der Waals surface area contributed by atoms with Gasteiger partial charge in [0.2, 0.25) is 0 Å². The van der Waals surface area contributed by atoms with Crippen molar-refractivity contribution in [2.45, 2.75) is 82.2 Å². The normalized spacial score (nSPS) is 24.2. The highest BCUT2D eigenvalue weighted by Gasteiger charge is 2.53. The van der Waals surface area contributed by atoms with Crippen LogP contribution in [0.1, 0.15) is 27.8 Å². The summed E-state index contributed by atoms with van der Waals surface area (Å²) in [6, 6.07) is 45.0. The van der Waals surface area contributed by atoms with Crippen LogP contribution in [0.2, 0.25) is 0 Å². The number of hydrogen-bond acceptors (Lipinski definition) is 11. The first-order valence-corrected chi connectivity index (χ1v) is 19.6. The van der Waals surface area contributed by atoms with E-state index in [1.807, 2.05) is 140 Å². The van der Waals surface area contributed by atoms with Crippen molar-refractivity contribution >= 4 is 0 Å². The van der Waals surface area contributed by atoms with Gasteiger partial charge in [-0.1, -0.05) is 115 Å². The summed E-state index contributed by atoms with van der Waals surface area (Å²) in [4.78, 5) is 0. The fourth-order valence-electron chi connectivity index (χ4n) is 6.99. The van der Waals surface area contributed by atoms with Crippen LogP contribution in [0.3, 0.4) is 0 Å². The van der Waals surface area contributed by atoms with Crippen molar-refractivity contribution in [3.05, 3.63) is 167 Å². The van der Waals surface area contributed by atoms with E-state index >= 15 is 0 Å². The largest absolute Gasteiger partial charge is 0.497 e. The van der Waals surface area contributed by atoms with E-state index in [2.05, 4.69) is 0 Å². The summed E-state index contributed by atoms with van der Waals surface area (Å²) in [6.07, 6.45) is -6.56. The van der Waals surface area contributed by atoms with Gasteiger partial charge in [-0.15, -0.1) is 0 Å². The molecule has 2 heterocycles. The van der Waals surface area contributed by atoms with Crippen molar-refractivity contribution in [1.29, 1.82) is 0 Å². The Hall–Kier alpha value is -4.66. The number of rotatable bonds is 21. The zero-order valence-electron chi connectivity index (χ0n) is 32.9. The lowest BCUT2D eigenvalue weighted by molar-refractivity contribution is -0.246. The highest BCUT2D eigenvalue weighted by Crippen LogP contribution is 2.35. The first-order valence-electron chi connectivity index (χ1n) is 19.6. The lowest BCUT2D eigenvalue weighted by Crippen LogP contribution is -2.45. The van der Waals surface area contributed by atoms with Gasteiger partial charge in [0, 0.05) is 0 Å². The van der Waals surface area contributed by atoms with Gasteiger partial charge < -0.3 is 52.5 Å². The molecule has 0 spiro atoms. The zero-order chi connectivity index (χ0) is 39.9. The molecule has 2 aliphatic heterocycles. The van der Waals surface area contributed by atoms with Crippen LogP contribution in [0.5, 0.6) is 11.5 Å². The average Bonchev–Trinajstić information content (AvgIpc) is 3.76. The first-order chi connectivity index (χ1) is 28.6. The molecule has 0 aromatic heterocycles. The monoisotopic (exact) mass is 792 g/mol. The van der Waals surface area contributed by atoms with Crippen LogP contribution in [-0.4, -0.2) is 81.7 Å². The van der Waals surface area contributed by atoms with E-state index in [0.717, 1.165) is 39.3 Å². The molecule has 0 bridgehead atoms. The topological polar surface area (TPSA) is 113 Å². The Bertz CT molecular complexity index is 1900. The molecule has 5 aromatic rings. The summed E-state index contributed by atoms with van der Waals surface area (Å²) < 4.78 is 62.3. The third kappa shape index (κ3) is 11.5. The summed E-state index contributed by atoms with van der Waals surface area (Å²) >= 11 is 0. The quantitative estimate of drug-likeness (QED) is 0.0828. The molecule has 5 aromatic carbocycles. The van der Waals surface area contributed by atoms with Crippen LogP contribution in [0.15, 0.2) is 140 Å². The van der Waals surface area contributed by atoms with Crippen LogP contribution < -0.4 is 9.47 Å². The molecule has 0 radical (unpaired) electrons. The van der Waals surface area contributed by atoms with Crippen LogP contribution in [0.25, 0.3) is 0 Å². The molecule has 0 saturated carbocycles. The van der Waals surface area contributed by atoms with Gasteiger partial charge in [-0.05, 0) is 52.1 Å². The van der Waals surface area contributed by atoms with E-state index in [4.69, 9.17) is 47.4 Å². The predicted octanol–water partition coefficient (Wildman–Crippen LogP) is 7.02. The molecule has 8 atom stereocenters. The molecule has 2 saturated heterocycles. The SMILES string of the molecule is COc1ccc(COC[C@H]2O[C@@H](O[C@H]3[C@H](OCc4ccccc4)[C@@H](COCc4ccc(OC)cc4)O[C@@H]3O)[C@@H](OCc3ccccc3)[C@@H]2OCc2ccccc2)cc1. The molecule has 0 amide bonds. The highest BCUT2D eigenvalue weighted by molar-refractivity contribution is 5.27. The van der Waals surface area contributed by atoms with Crippen LogP contribution in [0, 0.1) is 0 Å². The van der Waals surface area contributed by atoms with E-state index in [1.165, 1.54) is 0 Å². The van der Waals surface area contributed by atoms with E-state index in [9.17, 15) is 5.11 Å². The number of methoxy groups -OCH3 is 2. The first kappa shape index (κ1) is 41.5. The maximum atomic E-state index is 11.5. The lowest BCUT2D eigenvalue weighted by atomic mass is 10.1. The van der Waals surface area contributed by atoms with Crippen LogP contribution >= 0.6 is 0 Å². The Morgan fingerprint density at radius 3 is 1.24 bits per heavy atom. The molecule has 0 unspecified atom stereocenters. The van der Waals surface area contributed by atoms with Crippen LogP contribution in [0.4, 0.5) is 0 Å². The number of benzene rings is 5. The second-order valence-electron chi connectivity index (χ2n) is 14.2. The van der Waals surface area contributed by atoms with Crippen molar-refractivity contribution in [2.75, 3.05) is 27.4 Å². The van der Waals surface area contributed by atoms with Gasteiger partial charge >= 0.3 is 0 Å². The predicted molar refractivity (Wildman–Crippen MR) is 215 cm³/mol. The molecule has 1 N–H and O–H groups in total. The van der Waals surface area contributed by atoms with E-state index in [1.54, 1.807) is 14.2 Å².